The SMILES string of the molecule is CCc1nc(N2CCN(C3CCCC3)CC2)sc1C=O. The lowest BCUT2D eigenvalue weighted by atomic mass is 10.2. The highest BCUT2D eigenvalue weighted by Gasteiger charge is 2.27. The second kappa shape index (κ2) is 6.22. The Balaban J connectivity index is 1.62. The van der Waals surface area contributed by atoms with Gasteiger partial charge >= 0.3 is 0 Å². The Bertz CT molecular complexity index is 460. The van der Waals surface area contributed by atoms with Crippen molar-refractivity contribution in [2.24, 2.45) is 0 Å². The second-order valence-electron chi connectivity index (χ2n) is 5.74. The maximum Gasteiger partial charge on any atom is 0.186 e. The predicted molar refractivity (Wildman–Crippen MR) is 82.9 cm³/mol. The van der Waals surface area contributed by atoms with Crippen molar-refractivity contribution in [1.82, 2.24) is 9.88 Å². The summed E-state index contributed by atoms with van der Waals surface area (Å²) in [5.41, 5.74) is 0.957. The van der Waals surface area contributed by atoms with Crippen LogP contribution in [0.15, 0.2) is 0 Å². The van der Waals surface area contributed by atoms with Crippen molar-refractivity contribution in [3.63, 3.8) is 0 Å². The van der Waals surface area contributed by atoms with Crippen LogP contribution in [0, 0.1) is 0 Å². The molecule has 0 atom stereocenters. The van der Waals surface area contributed by atoms with Crippen molar-refractivity contribution in [1.29, 1.82) is 0 Å². The average Bonchev–Trinajstić information content (AvgIpc) is 3.16. The van der Waals surface area contributed by atoms with Gasteiger partial charge in [0.05, 0.1) is 10.6 Å². The molecule has 3 rings (SSSR count). The number of aryl methyl sites for hydroxylation is 1. The van der Waals surface area contributed by atoms with Crippen molar-refractivity contribution >= 4 is 22.8 Å². The Morgan fingerprint density at radius 3 is 2.50 bits per heavy atom. The number of rotatable bonds is 4. The zero-order chi connectivity index (χ0) is 13.9. The summed E-state index contributed by atoms with van der Waals surface area (Å²) in [6, 6.07) is 0.824. The molecule has 1 aliphatic carbocycles. The highest BCUT2D eigenvalue weighted by atomic mass is 32.1. The topological polar surface area (TPSA) is 36.4 Å². The molecule has 2 fully saturated rings. The molecular formula is C15H23N3OS. The number of piperazine rings is 1. The predicted octanol–water partition coefficient (Wildman–Crippen LogP) is 2.58. The number of aldehydes is 1. The fourth-order valence-corrected chi connectivity index (χ4v) is 4.40. The van der Waals surface area contributed by atoms with E-state index in [1.54, 1.807) is 11.3 Å². The van der Waals surface area contributed by atoms with Crippen molar-refractivity contribution < 1.29 is 4.79 Å². The van der Waals surface area contributed by atoms with Crippen molar-refractivity contribution in [3.8, 4) is 0 Å². The Labute approximate surface area is 124 Å². The van der Waals surface area contributed by atoms with Gasteiger partial charge in [0, 0.05) is 32.2 Å². The molecule has 4 nitrogen and oxygen atoms in total. The summed E-state index contributed by atoms with van der Waals surface area (Å²) >= 11 is 1.55. The minimum absolute atomic E-state index is 0.806. The minimum Gasteiger partial charge on any atom is -0.346 e. The molecule has 1 saturated heterocycles. The van der Waals surface area contributed by atoms with Gasteiger partial charge in [-0.1, -0.05) is 31.1 Å². The van der Waals surface area contributed by atoms with Crippen molar-refractivity contribution in [2.75, 3.05) is 31.1 Å². The largest absolute Gasteiger partial charge is 0.346 e. The van der Waals surface area contributed by atoms with Crippen LogP contribution in [0.4, 0.5) is 5.13 Å². The van der Waals surface area contributed by atoms with Gasteiger partial charge in [0.15, 0.2) is 11.4 Å². The lowest BCUT2D eigenvalue weighted by Crippen LogP contribution is -2.49. The van der Waals surface area contributed by atoms with Crippen LogP contribution in [0.1, 0.15) is 48.0 Å². The normalized spacial score (nSPS) is 21.6. The first-order valence-corrected chi connectivity index (χ1v) is 8.57. The molecule has 1 aromatic rings. The Hall–Kier alpha value is -0.940. The lowest BCUT2D eigenvalue weighted by molar-refractivity contribution is 0.112. The van der Waals surface area contributed by atoms with Crippen LogP contribution >= 0.6 is 11.3 Å². The van der Waals surface area contributed by atoms with Gasteiger partial charge in [-0.2, -0.15) is 0 Å². The molecule has 110 valence electrons. The number of aromatic nitrogens is 1. The summed E-state index contributed by atoms with van der Waals surface area (Å²) in [6.45, 7) is 6.44. The molecule has 5 heteroatoms. The van der Waals surface area contributed by atoms with E-state index in [4.69, 9.17) is 0 Å². The molecule has 0 bridgehead atoms. The van der Waals surface area contributed by atoms with Gasteiger partial charge < -0.3 is 4.90 Å². The van der Waals surface area contributed by atoms with Crippen LogP contribution in [0.3, 0.4) is 0 Å². The van der Waals surface area contributed by atoms with Crippen LogP contribution in [-0.2, 0) is 6.42 Å². The molecule has 0 amide bonds. The molecule has 2 aliphatic rings. The van der Waals surface area contributed by atoms with Gasteiger partial charge in [0.1, 0.15) is 0 Å². The molecule has 1 aromatic heterocycles. The van der Waals surface area contributed by atoms with E-state index in [2.05, 4.69) is 21.7 Å². The van der Waals surface area contributed by atoms with Gasteiger partial charge in [0.25, 0.3) is 0 Å². The van der Waals surface area contributed by atoms with E-state index in [9.17, 15) is 4.79 Å². The van der Waals surface area contributed by atoms with E-state index >= 15 is 0 Å². The van der Waals surface area contributed by atoms with Crippen LogP contribution in [0.25, 0.3) is 0 Å². The number of anilines is 1. The molecule has 1 saturated carbocycles. The monoisotopic (exact) mass is 293 g/mol. The van der Waals surface area contributed by atoms with E-state index in [1.807, 2.05) is 0 Å². The Kier molecular flexibility index (Phi) is 4.36. The molecular weight excluding hydrogens is 270 g/mol. The number of nitrogens with zero attached hydrogens (tertiary/aromatic N) is 3. The Morgan fingerprint density at radius 2 is 1.95 bits per heavy atom. The van der Waals surface area contributed by atoms with E-state index in [0.717, 1.165) is 60.6 Å². The van der Waals surface area contributed by atoms with E-state index in [0.29, 0.717) is 0 Å². The lowest BCUT2D eigenvalue weighted by Gasteiger charge is -2.37. The summed E-state index contributed by atoms with van der Waals surface area (Å²) in [7, 11) is 0. The zero-order valence-electron chi connectivity index (χ0n) is 12.2. The highest BCUT2D eigenvalue weighted by Crippen LogP contribution is 2.28. The second-order valence-corrected chi connectivity index (χ2v) is 6.75. The van der Waals surface area contributed by atoms with Gasteiger partial charge in [-0.25, -0.2) is 4.98 Å². The Morgan fingerprint density at radius 1 is 1.25 bits per heavy atom. The minimum atomic E-state index is 0.806. The summed E-state index contributed by atoms with van der Waals surface area (Å²) in [4.78, 5) is 21.5. The van der Waals surface area contributed by atoms with Crippen molar-refractivity contribution in [2.45, 2.75) is 45.1 Å². The zero-order valence-corrected chi connectivity index (χ0v) is 13.0. The molecule has 0 radical (unpaired) electrons. The van der Waals surface area contributed by atoms with Crippen LogP contribution in [0.5, 0.6) is 0 Å². The van der Waals surface area contributed by atoms with Gasteiger partial charge in [-0.05, 0) is 19.3 Å². The molecule has 0 N–H and O–H groups in total. The molecule has 1 aliphatic heterocycles. The maximum atomic E-state index is 11.1. The van der Waals surface area contributed by atoms with Gasteiger partial charge in [0.2, 0.25) is 0 Å². The number of carbonyl (C=O) groups excluding carboxylic acids is 1. The fourth-order valence-electron chi connectivity index (χ4n) is 3.38. The quantitative estimate of drug-likeness (QED) is 0.800. The van der Waals surface area contributed by atoms with Crippen LogP contribution in [-0.4, -0.2) is 48.4 Å². The van der Waals surface area contributed by atoms with Crippen molar-refractivity contribution in [3.05, 3.63) is 10.6 Å². The van der Waals surface area contributed by atoms with E-state index < -0.39 is 0 Å². The number of carbonyl (C=O) groups is 1. The first-order chi connectivity index (χ1) is 9.81. The third-order valence-corrected chi connectivity index (χ3v) is 5.67. The molecule has 0 spiro atoms. The van der Waals surface area contributed by atoms with E-state index in [1.165, 1.54) is 25.7 Å². The number of thiazole rings is 1. The third-order valence-electron chi connectivity index (χ3n) is 4.58. The summed E-state index contributed by atoms with van der Waals surface area (Å²) in [5.74, 6) is 0. The molecule has 2 heterocycles. The first-order valence-electron chi connectivity index (χ1n) is 7.75. The van der Waals surface area contributed by atoms with Gasteiger partial charge in [-0.3, -0.25) is 9.69 Å². The summed E-state index contributed by atoms with van der Waals surface area (Å²) < 4.78 is 0. The fraction of sp³-hybridized carbons (Fsp3) is 0.733. The summed E-state index contributed by atoms with van der Waals surface area (Å²) in [6.07, 6.45) is 7.36. The van der Waals surface area contributed by atoms with Gasteiger partial charge in [-0.15, -0.1) is 0 Å². The number of hydrogen-bond acceptors (Lipinski definition) is 5. The van der Waals surface area contributed by atoms with E-state index in [-0.39, 0.29) is 0 Å². The van der Waals surface area contributed by atoms with Crippen LogP contribution < -0.4 is 4.90 Å². The highest BCUT2D eigenvalue weighted by molar-refractivity contribution is 7.17. The smallest absolute Gasteiger partial charge is 0.186 e. The maximum absolute atomic E-state index is 11.1. The molecule has 20 heavy (non-hydrogen) atoms. The van der Waals surface area contributed by atoms with Crippen LogP contribution in [0.2, 0.25) is 0 Å². The number of hydrogen-bond donors (Lipinski definition) is 0. The molecule has 0 unspecified atom stereocenters. The average molecular weight is 293 g/mol. The third kappa shape index (κ3) is 2.74. The summed E-state index contributed by atoms with van der Waals surface area (Å²) in [5, 5.41) is 1.04. The first kappa shape index (κ1) is 14.0. The standard InChI is InChI=1S/C15H23N3OS/c1-2-13-14(11-19)20-15(16-13)18-9-7-17(8-10-18)12-5-3-4-6-12/h11-12H,2-10H2,1H3. The molecule has 0 aromatic carbocycles.